The Morgan fingerprint density at radius 3 is 2.34 bits per heavy atom. The van der Waals surface area contributed by atoms with E-state index in [2.05, 4.69) is 59.7 Å². The van der Waals surface area contributed by atoms with Gasteiger partial charge >= 0.3 is 0 Å². The minimum absolute atomic E-state index is 0.210. The van der Waals surface area contributed by atoms with E-state index in [1.807, 2.05) is 4.90 Å². The van der Waals surface area contributed by atoms with Crippen LogP contribution in [0.3, 0.4) is 0 Å². The highest BCUT2D eigenvalue weighted by atomic mass is 16.5. The van der Waals surface area contributed by atoms with Crippen LogP contribution in [-0.2, 0) is 17.8 Å². The maximum Gasteiger partial charge on any atom is 0.222 e. The monoisotopic (exact) mass is 399 g/mol. The summed E-state index contributed by atoms with van der Waals surface area (Å²) in [6.07, 6.45) is 7.74. The number of hydrogen-bond acceptors (Lipinski definition) is 2. The summed E-state index contributed by atoms with van der Waals surface area (Å²) >= 11 is 0. The maximum absolute atomic E-state index is 12.6. The third-order valence-corrected chi connectivity index (χ3v) is 6.83. The lowest BCUT2D eigenvalue weighted by molar-refractivity contribution is -0.132. The molecule has 1 heterocycles. The second-order valence-electron chi connectivity index (χ2n) is 11.5. The Balaban J connectivity index is 1.53. The molecule has 0 atom stereocenters. The average molecular weight is 400 g/mol. The van der Waals surface area contributed by atoms with E-state index in [4.69, 9.17) is 4.74 Å². The number of rotatable bonds is 4. The fourth-order valence-corrected chi connectivity index (χ4v) is 4.69. The first-order chi connectivity index (χ1) is 13.5. The van der Waals surface area contributed by atoms with Gasteiger partial charge in [-0.3, -0.25) is 4.79 Å². The van der Waals surface area contributed by atoms with E-state index in [9.17, 15) is 4.79 Å². The summed E-state index contributed by atoms with van der Waals surface area (Å²) in [5.74, 6) is 2.12. The first-order valence-corrected chi connectivity index (χ1v) is 11.6. The number of carbonyl (C=O) groups excluding carboxylic acids is 1. The van der Waals surface area contributed by atoms with Gasteiger partial charge < -0.3 is 9.64 Å². The Morgan fingerprint density at radius 2 is 1.72 bits per heavy atom. The molecule has 3 rings (SSSR count). The van der Waals surface area contributed by atoms with Crippen molar-refractivity contribution in [1.82, 2.24) is 4.90 Å². The van der Waals surface area contributed by atoms with Crippen LogP contribution in [0.2, 0.25) is 0 Å². The highest BCUT2D eigenvalue weighted by Gasteiger charge is 2.30. The SMILES string of the molecule is CC(C)(C)CCC(=O)N1CCc2cc(OC3CCC(C(C)(C)C)CC3)ccc2C1. The Hall–Kier alpha value is -1.51. The molecule has 0 N–H and O–H groups in total. The lowest BCUT2D eigenvalue weighted by Gasteiger charge is -2.37. The summed E-state index contributed by atoms with van der Waals surface area (Å²) in [4.78, 5) is 14.6. The van der Waals surface area contributed by atoms with Gasteiger partial charge in [0.2, 0.25) is 5.91 Å². The predicted octanol–water partition coefficient (Wildman–Crippen LogP) is 6.38. The lowest BCUT2D eigenvalue weighted by atomic mass is 9.72. The molecule has 162 valence electrons. The average Bonchev–Trinajstić information content (AvgIpc) is 2.65. The first-order valence-electron chi connectivity index (χ1n) is 11.6. The molecule has 1 aliphatic carbocycles. The molecule has 1 aliphatic heterocycles. The van der Waals surface area contributed by atoms with E-state index in [1.165, 1.54) is 24.0 Å². The summed E-state index contributed by atoms with van der Waals surface area (Å²) in [6, 6.07) is 6.51. The number of benzene rings is 1. The third-order valence-electron chi connectivity index (χ3n) is 6.83. The van der Waals surface area contributed by atoms with Crippen LogP contribution in [0.25, 0.3) is 0 Å². The van der Waals surface area contributed by atoms with E-state index in [0.29, 0.717) is 23.8 Å². The van der Waals surface area contributed by atoms with Crippen LogP contribution in [-0.4, -0.2) is 23.5 Å². The molecule has 3 nitrogen and oxygen atoms in total. The standard InChI is InChI=1S/C26H41NO2/c1-25(2,3)15-13-24(28)27-16-14-19-17-23(10-7-20(19)18-27)29-22-11-8-21(9-12-22)26(4,5)6/h7,10,17,21-22H,8-9,11-16,18H2,1-6H3. The van der Waals surface area contributed by atoms with Crippen LogP contribution in [0.1, 0.15) is 91.2 Å². The van der Waals surface area contributed by atoms with Crippen molar-refractivity contribution in [3.63, 3.8) is 0 Å². The van der Waals surface area contributed by atoms with Crippen LogP contribution in [0.5, 0.6) is 5.75 Å². The van der Waals surface area contributed by atoms with Crippen LogP contribution in [0.15, 0.2) is 18.2 Å². The molecular formula is C26H41NO2. The Bertz CT molecular complexity index is 702. The molecule has 0 spiro atoms. The zero-order valence-corrected chi connectivity index (χ0v) is 19.5. The quantitative estimate of drug-likeness (QED) is 0.588. The molecule has 0 radical (unpaired) electrons. The molecule has 1 aromatic carbocycles. The van der Waals surface area contributed by atoms with Gasteiger partial charge in [-0.15, -0.1) is 0 Å². The van der Waals surface area contributed by atoms with Crippen LogP contribution < -0.4 is 4.74 Å². The van der Waals surface area contributed by atoms with Crippen molar-refractivity contribution in [3.8, 4) is 5.75 Å². The smallest absolute Gasteiger partial charge is 0.222 e. The van der Waals surface area contributed by atoms with Gasteiger partial charge in [-0.25, -0.2) is 0 Å². The fraction of sp³-hybridized carbons (Fsp3) is 0.731. The molecule has 3 heteroatoms. The highest BCUT2D eigenvalue weighted by molar-refractivity contribution is 5.76. The maximum atomic E-state index is 12.6. The second-order valence-corrected chi connectivity index (χ2v) is 11.5. The van der Waals surface area contributed by atoms with E-state index >= 15 is 0 Å². The van der Waals surface area contributed by atoms with E-state index in [0.717, 1.165) is 50.4 Å². The van der Waals surface area contributed by atoms with Crippen molar-refractivity contribution in [3.05, 3.63) is 29.3 Å². The molecule has 0 aromatic heterocycles. The van der Waals surface area contributed by atoms with Crippen LogP contribution in [0, 0.1) is 16.7 Å². The molecule has 0 saturated heterocycles. The van der Waals surface area contributed by atoms with Gasteiger partial charge in [-0.1, -0.05) is 47.6 Å². The molecule has 1 fully saturated rings. The van der Waals surface area contributed by atoms with E-state index in [1.54, 1.807) is 0 Å². The largest absolute Gasteiger partial charge is 0.490 e. The molecule has 0 unspecified atom stereocenters. The molecule has 0 bridgehead atoms. The number of fused-ring (bicyclic) bond motifs is 1. The van der Waals surface area contributed by atoms with Crippen LogP contribution >= 0.6 is 0 Å². The minimum atomic E-state index is 0.210. The first kappa shape index (κ1) is 22.2. The molecule has 2 aliphatic rings. The van der Waals surface area contributed by atoms with Gasteiger partial charge in [0, 0.05) is 19.5 Å². The zero-order chi connectivity index (χ0) is 21.2. The Labute approximate surface area is 178 Å². The second kappa shape index (κ2) is 8.70. The van der Waals surface area contributed by atoms with E-state index in [-0.39, 0.29) is 5.41 Å². The third kappa shape index (κ3) is 6.23. The van der Waals surface area contributed by atoms with Gasteiger partial charge in [-0.05, 0) is 78.5 Å². The number of hydrogen-bond donors (Lipinski definition) is 0. The van der Waals surface area contributed by atoms with Gasteiger partial charge in [0.15, 0.2) is 0 Å². The normalized spacial score (nSPS) is 22.9. The molecule has 1 amide bonds. The Morgan fingerprint density at radius 1 is 1.03 bits per heavy atom. The number of ether oxygens (including phenoxy) is 1. The van der Waals surface area contributed by atoms with Crippen molar-refractivity contribution < 1.29 is 9.53 Å². The summed E-state index contributed by atoms with van der Waals surface area (Å²) in [7, 11) is 0. The van der Waals surface area contributed by atoms with Crippen molar-refractivity contribution in [2.75, 3.05) is 6.54 Å². The zero-order valence-electron chi connectivity index (χ0n) is 19.5. The molecule has 1 saturated carbocycles. The number of carbonyl (C=O) groups is 1. The fourth-order valence-electron chi connectivity index (χ4n) is 4.69. The lowest BCUT2D eigenvalue weighted by Crippen LogP contribution is -2.36. The highest BCUT2D eigenvalue weighted by Crippen LogP contribution is 2.39. The van der Waals surface area contributed by atoms with Crippen molar-refractivity contribution in [1.29, 1.82) is 0 Å². The van der Waals surface area contributed by atoms with Crippen molar-refractivity contribution in [2.24, 2.45) is 16.7 Å². The number of amides is 1. The summed E-state index contributed by atoms with van der Waals surface area (Å²) in [5.41, 5.74) is 3.25. The molecule has 1 aromatic rings. The summed E-state index contributed by atoms with van der Waals surface area (Å²) in [6.45, 7) is 15.2. The number of nitrogens with zero attached hydrogens (tertiary/aromatic N) is 1. The minimum Gasteiger partial charge on any atom is -0.490 e. The van der Waals surface area contributed by atoms with Crippen LogP contribution in [0.4, 0.5) is 0 Å². The van der Waals surface area contributed by atoms with Gasteiger partial charge in [-0.2, -0.15) is 0 Å². The van der Waals surface area contributed by atoms with Gasteiger partial charge in [0.1, 0.15) is 5.75 Å². The van der Waals surface area contributed by atoms with Gasteiger partial charge in [0.05, 0.1) is 6.10 Å². The summed E-state index contributed by atoms with van der Waals surface area (Å²) < 4.78 is 6.35. The Kier molecular flexibility index (Phi) is 6.65. The molecular weight excluding hydrogens is 358 g/mol. The van der Waals surface area contributed by atoms with Crippen molar-refractivity contribution >= 4 is 5.91 Å². The van der Waals surface area contributed by atoms with Crippen molar-refractivity contribution in [2.45, 2.75) is 99.1 Å². The van der Waals surface area contributed by atoms with E-state index < -0.39 is 0 Å². The molecule has 29 heavy (non-hydrogen) atoms. The topological polar surface area (TPSA) is 29.5 Å². The summed E-state index contributed by atoms with van der Waals surface area (Å²) in [5, 5.41) is 0. The predicted molar refractivity (Wildman–Crippen MR) is 120 cm³/mol. The van der Waals surface area contributed by atoms with Gasteiger partial charge in [0.25, 0.3) is 0 Å².